The average molecular weight is 432 g/mol. The highest BCUT2D eigenvalue weighted by atomic mass is 32.2. The predicted molar refractivity (Wildman–Crippen MR) is 123 cm³/mol. The molecule has 3 rings (SSSR count). The van der Waals surface area contributed by atoms with Crippen molar-refractivity contribution in [3.8, 4) is 0 Å². The van der Waals surface area contributed by atoms with E-state index in [-0.39, 0.29) is 17.6 Å². The number of Topliss-reactive ketones (excluding diaryl/α,β-unsaturated/α-hetero) is 1. The molecule has 0 bridgehead atoms. The summed E-state index contributed by atoms with van der Waals surface area (Å²) in [6, 6.07) is 3.72. The van der Waals surface area contributed by atoms with Crippen molar-refractivity contribution in [3.05, 3.63) is 24.0 Å². The molecular formula is C23H33N3O3S. The number of thioether (sulfide) groups is 1. The van der Waals surface area contributed by atoms with Crippen LogP contribution in [0.3, 0.4) is 0 Å². The van der Waals surface area contributed by atoms with Crippen LogP contribution in [0.2, 0.25) is 0 Å². The van der Waals surface area contributed by atoms with E-state index in [1.54, 1.807) is 25.2 Å². The number of ether oxygens (including phenoxy) is 1. The predicted octanol–water partition coefficient (Wildman–Crippen LogP) is 4.92. The van der Waals surface area contributed by atoms with E-state index < -0.39 is 0 Å². The van der Waals surface area contributed by atoms with Gasteiger partial charge in [0.25, 0.3) is 0 Å². The zero-order valence-electron chi connectivity index (χ0n) is 18.1. The smallest absolute Gasteiger partial charge is 0.227 e. The number of rotatable bonds is 11. The first kappa shape index (κ1) is 22.8. The summed E-state index contributed by atoms with van der Waals surface area (Å²) < 4.78 is 7.18. The number of unbranched alkanes of at least 4 members (excludes halogenated alkanes) is 1. The van der Waals surface area contributed by atoms with Gasteiger partial charge in [-0.2, -0.15) is 11.8 Å². The molecule has 1 saturated carbocycles. The fraction of sp³-hybridized carbons (Fsp3) is 0.609. The fourth-order valence-electron chi connectivity index (χ4n) is 4.13. The van der Waals surface area contributed by atoms with Crippen LogP contribution in [0.4, 0.5) is 5.69 Å². The molecule has 0 spiro atoms. The molecule has 1 amide bonds. The maximum atomic E-state index is 13.1. The molecule has 0 saturated heterocycles. The van der Waals surface area contributed by atoms with E-state index in [0.717, 1.165) is 55.3 Å². The summed E-state index contributed by atoms with van der Waals surface area (Å²) in [4.78, 5) is 30.3. The van der Waals surface area contributed by atoms with Crippen molar-refractivity contribution in [1.29, 1.82) is 0 Å². The van der Waals surface area contributed by atoms with Crippen molar-refractivity contribution in [2.24, 2.45) is 5.92 Å². The van der Waals surface area contributed by atoms with E-state index in [2.05, 4.69) is 16.6 Å². The van der Waals surface area contributed by atoms with Gasteiger partial charge in [-0.3, -0.25) is 9.59 Å². The van der Waals surface area contributed by atoms with E-state index in [0.29, 0.717) is 30.8 Å². The van der Waals surface area contributed by atoms with Crippen molar-refractivity contribution >= 4 is 40.2 Å². The van der Waals surface area contributed by atoms with Gasteiger partial charge in [0.1, 0.15) is 0 Å². The van der Waals surface area contributed by atoms with Crippen molar-refractivity contribution in [1.82, 2.24) is 9.55 Å². The van der Waals surface area contributed by atoms with Crippen LogP contribution < -0.4 is 5.32 Å². The Kier molecular flexibility index (Phi) is 8.75. The Morgan fingerprint density at radius 1 is 1.23 bits per heavy atom. The van der Waals surface area contributed by atoms with Crippen LogP contribution in [0.25, 0.3) is 11.0 Å². The monoisotopic (exact) mass is 431 g/mol. The van der Waals surface area contributed by atoms with Crippen molar-refractivity contribution < 1.29 is 14.3 Å². The molecule has 1 N–H and O–H groups in total. The molecule has 1 fully saturated rings. The highest BCUT2D eigenvalue weighted by molar-refractivity contribution is 7.98. The Labute approximate surface area is 183 Å². The standard InChI is InChI=1S/C23H33N3O3S/c1-29-12-11-26-16-24-20-15-18(25-23(28)17-8-4-3-5-9-17)14-19(22(20)26)21(27)10-6-7-13-30-2/h14-17H,3-13H2,1-2H3,(H,25,28). The molecule has 1 aliphatic rings. The summed E-state index contributed by atoms with van der Waals surface area (Å²) >= 11 is 1.80. The SMILES string of the molecule is COCCn1cnc2cc(NC(=O)C3CCCCC3)cc(C(=O)CCCCSC)c21. The molecule has 164 valence electrons. The molecule has 1 aliphatic carbocycles. The highest BCUT2D eigenvalue weighted by Crippen LogP contribution is 2.28. The third-order valence-corrected chi connectivity index (χ3v) is 6.49. The zero-order valence-corrected chi connectivity index (χ0v) is 18.9. The van der Waals surface area contributed by atoms with Crippen molar-refractivity contribution in [3.63, 3.8) is 0 Å². The third kappa shape index (κ3) is 5.85. The van der Waals surface area contributed by atoms with E-state index in [4.69, 9.17) is 4.74 Å². The molecule has 0 atom stereocenters. The minimum Gasteiger partial charge on any atom is -0.383 e. The number of methoxy groups -OCH3 is 1. The van der Waals surface area contributed by atoms with Crippen LogP contribution in [0, 0.1) is 5.92 Å². The Morgan fingerprint density at radius 2 is 2.03 bits per heavy atom. The number of anilines is 1. The molecule has 1 heterocycles. The number of amides is 1. The number of fused-ring (bicyclic) bond motifs is 1. The molecule has 7 heteroatoms. The zero-order chi connectivity index (χ0) is 21.3. The number of ketones is 1. The Bertz CT molecular complexity index is 859. The van der Waals surface area contributed by atoms with Gasteiger partial charge < -0.3 is 14.6 Å². The summed E-state index contributed by atoms with van der Waals surface area (Å²) in [5, 5.41) is 3.06. The number of nitrogens with zero attached hydrogens (tertiary/aromatic N) is 2. The molecular weight excluding hydrogens is 398 g/mol. The lowest BCUT2D eigenvalue weighted by atomic mass is 9.88. The second-order valence-electron chi connectivity index (χ2n) is 8.02. The number of aromatic nitrogens is 2. The van der Waals surface area contributed by atoms with Crippen molar-refractivity contribution in [2.75, 3.05) is 31.0 Å². The number of carbonyl (C=O) groups is 2. The van der Waals surface area contributed by atoms with Gasteiger partial charge in [0.05, 0.1) is 24.0 Å². The van der Waals surface area contributed by atoms with Gasteiger partial charge in [0.2, 0.25) is 5.91 Å². The maximum Gasteiger partial charge on any atom is 0.227 e. The number of imidazole rings is 1. The lowest BCUT2D eigenvalue weighted by Crippen LogP contribution is -2.24. The molecule has 1 aromatic carbocycles. The third-order valence-electron chi connectivity index (χ3n) is 5.80. The van der Waals surface area contributed by atoms with Crippen LogP contribution in [-0.2, 0) is 16.1 Å². The largest absolute Gasteiger partial charge is 0.383 e. The quantitative estimate of drug-likeness (QED) is 0.404. The van der Waals surface area contributed by atoms with Crippen LogP contribution in [0.5, 0.6) is 0 Å². The van der Waals surface area contributed by atoms with Crippen LogP contribution in [0.1, 0.15) is 61.7 Å². The van der Waals surface area contributed by atoms with Gasteiger partial charge in [-0.15, -0.1) is 0 Å². The normalized spacial score (nSPS) is 14.9. The first-order valence-corrected chi connectivity index (χ1v) is 12.3. The minimum absolute atomic E-state index is 0.0613. The molecule has 0 radical (unpaired) electrons. The second kappa shape index (κ2) is 11.5. The lowest BCUT2D eigenvalue weighted by molar-refractivity contribution is -0.120. The van der Waals surface area contributed by atoms with E-state index >= 15 is 0 Å². The Hall–Kier alpha value is -1.86. The Balaban J connectivity index is 1.85. The number of hydrogen-bond donors (Lipinski definition) is 1. The first-order chi connectivity index (χ1) is 14.6. The van der Waals surface area contributed by atoms with Crippen LogP contribution in [-0.4, -0.2) is 47.0 Å². The van der Waals surface area contributed by atoms with Gasteiger partial charge in [-0.25, -0.2) is 4.98 Å². The van der Waals surface area contributed by atoms with Gasteiger partial charge >= 0.3 is 0 Å². The average Bonchev–Trinajstić information content (AvgIpc) is 3.18. The van der Waals surface area contributed by atoms with Gasteiger partial charge in [0.15, 0.2) is 5.78 Å². The van der Waals surface area contributed by atoms with Crippen molar-refractivity contribution in [2.45, 2.75) is 57.9 Å². The molecule has 0 aliphatic heterocycles. The van der Waals surface area contributed by atoms with Crippen LogP contribution >= 0.6 is 11.8 Å². The molecule has 1 aromatic heterocycles. The fourth-order valence-corrected chi connectivity index (χ4v) is 4.62. The van der Waals surface area contributed by atoms with Gasteiger partial charge in [-0.1, -0.05) is 19.3 Å². The highest BCUT2D eigenvalue weighted by Gasteiger charge is 2.22. The number of nitrogens with one attached hydrogen (secondary N) is 1. The van der Waals surface area contributed by atoms with E-state index in [1.807, 2.05) is 16.7 Å². The number of hydrogen-bond acceptors (Lipinski definition) is 5. The minimum atomic E-state index is 0.0613. The second-order valence-corrected chi connectivity index (χ2v) is 9.01. The molecule has 30 heavy (non-hydrogen) atoms. The number of carbonyl (C=O) groups excluding carboxylic acids is 2. The van der Waals surface area contributed by atoms with Crippen LogP contribution in [0.15, 0.2) is 18.5 Å². The lowest BCUT2D eigenvalue weighted by Gasteiger charge is -2.21. The maximum absolute atomic E-state index is 13.1. The van der Waals surface area contributed by atoms with E-state index in [1.165, 1.54) is 6.42 Å². The first-order valence-electron chi connectivity index (χ1n) is 10.9. The Morgan fingerprint density at radius 3 is 2.77 bits per heavy atom. The summed E-state index contributed by atoms with van der Waals surface area (Å²) in [5.74, 6) is 1.30. The number of benzene rings is 1. The molecule has 2 aromatic rings. The van der Waals surface area contributed by atoms with E-state index in [9.17, 15) is 9.59 Å². The van der Waals surface area contributed by atoms with Gasteiger partial charge in [-0.05, 0) is 49.8 Å². The summed E-state index contributed by atoms with van der Waals surface area (Å²) in [6.07, 6.45) is 11.6. The summed E-state index contributed by atoms with van der Waals surface area (Å²) in [6.45, 7) is 1.18. The summed E-state index contributed by atoms with van der Waals surface area (Å²) in [7, 11) is 1.66. The topological polar surface area (TPSA) is 73.2 Å². The summed E-state index contributed by atoms with van der Waals surface area (Å²) in [5.41, 5.74) is 2.88. The molecule has 0 unspecified atom stereocenters. The molecule has 6 nitrogen and oxygen atoms in total. The van der Waals surface area contributed by atoms with Gasteiger partial charge in [0, 0.05) is 37.2 Å².